The molecule has 1 N–H and O–H groups in total. The molecule has 1 aromatic rings. The fourth-order valence-corrected chi connectivity index (χ4v) is 2.00. The smallest absolute Gasteiger partial charge is 0.303 e. The van der Waals surface area contributed by atoms with Gasteiger partial charge in [0.1, 0.15) is 5.75 Å². The van der Waals surface area contributed by atoms with E-state index in [2.05, 4.69) is 18.0 Å². The van der Waals surface area contributed by atoms with Gasteiger partial charge in [-0.3, -0.25) is 4.79 Å². The summed E-state index contributed by atoms with van der Waals surface area (Å²) in [5, 5.41) is 8.54. The predicted molar refractivity (Wildman–Crippen MR) is 75.4 cm³/mol. The van der Waals surface area contributed by atoms with Crippen molar-refractivity contribution in [2.45, 2.75) is 32.2 Å². The Labute approximate surface area is 115 Å². The summed E-state index contributed by atoms with van der Waals surface area (Å²) in [5.41, 5.74) is 1.23. The molecule has 4 nitrogen and oxygen atoms in total. The Bertz CT molecular complexity index is 393. The molecule has 106 valence electrons. The fourth-order valence-electron chi connectivity index (χ4n) is 2.00. The molecule has 0 spiro atoms. The highest BCUT2D eigenvalue weighted by Crippen LogP contribution is 2.14. The van der Waals surface area contributed by atoms with Crippen molar-refractivity contribution in [2.24, 2.45) is 0 Å². The van der Waals surface area contributed by atoms with Crippen LogP contribution >= 0.6 is 0 Å². The summed E-state index contributed by atoms with van der Waals surface area (Å²) in [6.45, 7) is 1.87. The first kappa shape index (κ1) is 15.5. The molecule has 0 saturated heterocycles. The Kier molecular flexibility index (Phi) is 6.97. The topological polar surface area (TPSA) is 49.8 Å². The number of rotatable bonds is 9. The number of aliphatic carboxylic acids is 1. The number of carboxylic acids is 1. The Hall–Kier alpha value is -1.55. The number of benzene rings is 1. The van der Waals surface area contributed by atoms with Gasteiger partial charge in [0.2, 0.25) is 0 Å². The summed E-state index contributed by atoms with van der Waals surface area (Å²) in [6, 6.07) is 8.06. The van der Waals surface area contributed by atoms with Gasteiger partial charge in [0.05, 0.1) is 7.11 Å². The highest BCUT2D eigenvalue weighted by atomic mass is 16.5. The molecule has 0 fully saturated rings. The largest absolute Gasteiger partial charge is 0.497 e. The number of carbonyl (C=O) groups is 1. The van der Waals surface area contributed by atoms with Crippen LogP contribution in [0.1, 0.15) is 31.2 Å². The molecule has 0 amide bonds. The highest BCUT2D eigenvalue weighted by molar-refractivity contribution is 5.66. The summed E-state index contributed by atoms with van der Waals surface area (Å²) in [5.74, 6) is 0.178. The van der Waals surface area contributed by atoms with Crippen LogP contribution < -0.4 is 4.74 Å². The minimum atomic E-state index is -0.704. The molecule has 4 heteroatoms. The van der Waals surface area contributed by atoms with Gasteiger partial charge in [-0.05, 0) is 44.1 Å². The first-order chi connectivity index (χ1) is 9.11. The van der Waals surface area contributed by atoms with Crippen molar-refractivity contribution >= 4 is 5.97 Å². The van der Waals surface area contributed by atoms with Crippen LogP contribution in [0.5, 0.6) is 5.75 Å². The van der Waals surface area contributed by atoms with Crippen molar-refractivity contribution in [2.75, 3.05) is 20.7 Å². The monoisotopic (exact) mass is 265 g/mol. The van der Waals surface area contributed by atoms with Crippen molar-refractivity contribution in [1.82, 2.24) is 4.90 Å². The third-order valence-electron chi connectivity index (χ3n) is 3.02. The molecule has 0 aliphatic carbocycles. The molecular formula is C15H23NO3. The molecule has 0 heterocycles. The average molecular weight is 265 g/mol. The Morgan fingerprint density at radius 3 is 2.79 bits per heavy atom. The van der Waals surface area contributed by atoms with Gasteiger partial charge >= 0.3 is 5.97 Å². The SMILES string of the molecule is COc1cccc(CN(C)CCCCCC(=O)O)c1. The number of ether oxygens (including phenoxy) is 1. The second-order valence-corrected chi connectivity index (χ2v) is 4.79. The average Bonchev–Trinajstić information content (AvgIpc) is 2.38. The van der Waals surface area contributed by atoms with Crippen LogP contribution in [0, 0.1) is 0 Å². The van der Waals surface area contributed by atoms with Gasteiger partial charge in [-0.15, -0.1) is 0 Å². The Balaban J connectivity index is 2.23. The fraction of sp³-hybridized carbons (Fsp3) is 0.533. The summed E-state index contributed by atoms with van der Waals surface area (Å²) < 4.78 is 5.20. The van der Waals surface area contributed by atoms with Crippen molar-refractivity contribution in [1.29, 1.82) is 0 Å². The lowest BCUT2D eigenvalue weighted by molar-refractivity contribution is -0.137. The van der Waals surface area contributed by atoms with Crippen LogP contribution in [0.3, 0.4) is 0 Å². The van der Waals surface area contributed by atoms with Gasteiger partial charge in [0.15, 0.2) is 0 Å². The minimum Gasteiger partial charge on any atom is -0.497 e. The van der Waals surface area contributed by atoms with Crippen molar-refractivity contribution in [3.8, 4) is 5.75 Å². The molecular weight excluding hydrogens is 242 g/mol. The van der Waals surface area contributed by atoms with E-state index in [-0.39, 0.29) is 6.42 Å². The molecule has 0 aliphatic rings. The first-order valence-corrected chi connectivity index (χ1v) is 6.65. The normalized spacial score (nSPS) is 10.7. The van der Waals surface area contributed by atoms with Gasteiger partial charge in [-0.1, -0.05) is 18.6 Å². The lowest BCUT2D eigenvalue weighted by Gasteiger charge is -2.16. The summed E-state index contributed by atoms with van der Waals surface area (Å²) in [4.78, 5) is 12.6. The van der Waals surface area contributed by atoms with E-state index >= 15 is 0 Å². The third kappa shape index (κ3) is 6.82. The van der Waals surface area contributed by atoms with Gasteiger partial charge in [0.25, 0.3) is 0 Å². The van der Waals surface area contributed by atoms with E-state index < -0.39 is 5.97 Å². The molecule has 1 rings (SSSR count). The first-order valence-electron chi connectivity index (χ1n) is 6.65. The van der Waals surface area contributed by atoms with Crippen LogP contribution in [-0.4, -0.2) is 36.7 Å². The maximum atomic E-state index is 10.4. The second kappa shape index (κ2) is 8.53. The van der Waals surface area contributed by atoms with Crippen LogP contribution in [0.25, 0.3) is 0 Å². The third-order valence-corrected chi connectivity index (χ3v) is 3.02. The minimum absolute atomic E-state index is 0.277. The zero-order valence-corrected chi connectivity index (χ0v) is 11.8. The van der Waals surface area contributed by atoms with Gasteiger partial charge in [0, 0.05) is 13.0 Å². The molecule has 0 bridgehead atoms. The number of carboxylic acid groups (broad SMARTS) is 1. The van der Waals surface area contributed by atoms with E-state index in [1.807, 2.05) is 18.2 Å². The molecule has 0 aliphatic heterocycles. The quantitative estimate of drug-likeness (QED) is 0.697. The van der Waals surface area contributed by atoms with E-state index in [0.29, 0.717) is 0 Å². The summed E-state index contributed by atoms with van der Waals surface area (Å²) in [6.07, 6.45) is 3.05. The number of hydrogen-bond donors (Lipinski definition) is 1. The van der Waals surface area contributed by atoms with E-state index in [4.69, 9.17) is 9.84 Å². The Morgan fingerprint density at radius 2 is 2.11 bits per heavy atom. The number of unbranched alkanes of at least 4 members (excludes halogenated alkanes) is 2. The van der Waals surface area contributed by atoms with Gasteiger partial charge < -0.3 is 14.7 Å². The zero-order chi connectivity index (χ0) is 14.1. The van der Waals surface area contributed by atoms with Crippen LogP contribution in [0.15, 0.2) is 24.3 Å². The van der Waals surface area contributed by atoms with Crippen molar-refractivity contribution < 1.29 is 14.6 Å². The molecule has 0 aromatic heterocycles. The summed E-state index contributed by atoms with van der Waals surface area (Å²) in [7, 11) is 3.75. The standard InChI is InChI=1S/C15H23NO3/c1-16(10-5-3-4-9-15(17)18)12-13-7-6-8-14(11-13)19-2/h6-8,11H,3-5,9-10,12H2,1-2H3,(H,17,18). The number of methoxy groups -OCH3 is 1. The predicted octanol–water partition coefficient (Wildman–Crippen LogP) is 2.77. The van der Waals surface area contributed by atoms with Crippen LogP contribution in [0.4, 0.5) is 0 Å². The van der Waals surface area contributed by atoms with Crippen molar-refractivity contribution in [3.63, 3.8) is 0 Å². The second-order valence-electron chi connectivity index (χ2n) is 4.79. The molecule has 0 radical (unpaired) electrons. The maximum absolute atomic E-state index is 10.4. The number of hydrogen-bond acceptors (Lipinski definition) is 3. The Morgan fingerprint density at radius 1 is 1.32 bits per heavy atom. The highest BCUT2D eigenvalue weighted by Gasteiger charge is 2.02. The van der Waals surface area contributed by atoms with Crippen molar-refractivity contribution in [3.05, 3.63) is 29.8 Å². The van der Waals surface area contributed by atoms with Crippen LogP contribution in [-0.2, 0) is 11.3 Å². The lowest BCUT2D eigenvalue weighted by atomic mass is 10.1. The van der Waals surface area contributed by atoms with Crippen LogP contribution in [0.2, 0.25) is 0 Å². The van der Waals surface area contributed by atoms with E-state index in [0.717, 1.165) is 38.1 Å². The number of nitrogens with zero attached hydrogens (tertiary/aromatic N) is 1. The summed E-state index contributed by atoms with van der Waals surface area (Å²) >= 11 is 0. The van der Waals surface area contributed by atoms with Gasteiger partial charge in [-0.2, -0.15) is 0 Å². The van der Waals surface area contributed by atoms with E-state index in [1.54, 1.807) is 7.11 Å². The molecule has 19 heavy (non-hydrogen) atoms. The maximum Gasteiger partial charge on any atom is 0.303 e. The van der Waals surface area contributed by atoms with E-state index in [9.17, 15) is 4.79 Å². The zero-order valence-electron chi connectivity index (χ0n) is 11.8. The lowest BCUT2D eigenvalue weighted by Crippen LogP contribution is -2.19. The molecule has 0 atom stereocenters. The van der Waals surface area contributed by atoms with Gasteiger partial charge in [-0.25, -0.2) is 0 Å². The molecule has 0 unspecified atom stereocenters. The molecule has 1 aromatic carbocycles. The molecule has 0 saturated carbocycles. The van der Waals surface area contributed by atoms with E-state index in [1.165, 1.54) is 5.56 Å².